The molecule has 4 atom stereocenters. The standard InChI is InChI=1S/C35H36O5/c36-35(27-37-23-28-13-5-1-6-14-28)22-21-32(38-24-29-15-7-2-8-16-29)33(39-25-30-17-9-3-10-18-30)34(35)40-26-31-19-11-4-12-20-31/h1-22,32-34,36H,23-27H2/t32-,33+,34+,35-/m1/s1. The molecule has 1 aliphatic rings. The lowest BCUT2D eigenvalue weighted by Crippen LogP contribution is -2.59. The zero-order valence-electron chi connectivity index (χ0n) is 22.5. The molecule has 0 spiro atoms. The summed E-state index contributed by atoms with van der Waals surface area (Å²) in [5.74, 6) is 0. The van der Waals surface area contributed by atoms with Gasteiger partial charge < -0.3 is 24.1 Å². The van der Waals surface area contributed by atoms with Crippen LogP contribution in [-0.4, -0.2) is 35.6 Å². The molecule has 0 fully saturated rings. The molecule has 5 heteroatoms. The van der Waals surface area contributed by atoms with Crippen molar-refractivity contribution in [1.82, 2.24) is 0 Å². The second-order valence-corrected chi connectivity index (χ2v) is 10.1. The van der Waals surface area contributed by atoms with E-state index in [-0.39, 0.29) is 6.61 Å². The predicted octanol–water partition coefficient (Wildman–Crippen LogP) is 6.26. The predicted molar refractivity (Wildman–Crippen MR) is 155 cm³/mol. The van der Waals surface area contributed by atoms with Gasteiger partial charge >= 0.3 is 0 Å². The molecule has 1 N–H and O–H groups in total. The van der Waals surface area contributed by atoms with Gasteiger partial charge in [-0.1, -0.05) is 127 Å². The summed E-state index contributed by atoms with van der Waals surface area (Å²) in [6, 6.07) is 39.9. The zero-order chi connectivity index (χ0) is 27.5. The second kappa shape index (κ2) is 14.2. The first-order valence-electron chi connectivity index (χ1n) is 13.7. The van der Waals surface area contributed by atoms with E-state index in [4.69, 9.17) is 18.9 Å². The van der Waals surface area contributed by atoms with Crippen molar-refractivity contribution in [2.24, 2.45) is 0 Å². The summed E-state index contributed by atoms with van der Waals surface area (Å²) >= 11 is 0. The van der Waals surface area contributed by atoms with Crippen molar-refractivity contribution in [3.8, 4) is 0 Å². The molecule has 0 saturated heterocycles. The van der Waals surface area contributed by atoms with Crippen molar-refractivity contribution >= 4 is 0 Å². The fraction of sp³-hybridized carbons (Fsp3) is 0.257. The molecule has 40 heavy (non-hydrogen) atoms. The van der Waals surface area contributed by atoms with Gasteiger partial charge in [0.2, 0.25) is 0 Å². The third kappa shape index (κ3) is 7.75. The van der Waals surface area contributed by atoms with Crippen molar-refractivity contribution in [1.29, 1.82) is 0 Å². The Bertz CT molecular complexity index is 1300. The summed E-state index contributed by atoms with van der Waals surface area (Å²) in [5, 5.41) is 12.0. The molecule has 0 saturated carbocycles. The van der Waals surface area contributed by atoms with Gasteiger partial charge in [0.1, 0.15) is 23.9 Å². The minimum absolute atomic E-state index is 0.0501. The van der Waals surface area contributed by atoms with Crippen molar-refractivity contribution in [3.05, 3.63) is 156 Å². The van der Waals surface area contributed by atoms with Crippen molar-refractivity contribution in [2.75, 3.05) is 6.61 Å². The van der Waals surface area contributed by atoms with E-state index < -0.39 is 23.9 Å². The van der Waals surface area contributed by atoms with E-state index in [2.05, 4.69) is 0 Å². The Morgan fingerprint density at radius 2 is 0.950 bits per heavy atom. The smallest absolute Gasteiger partial charge is 0.135 e. The van der Waals surface area contributed by atoms with Crippen LogP contribution in [0, 0.1) is 0 Å². The summed E-state index contributed by atoms with van der Waals surface area (Å²) in [6.07, 6.45) is 1.89. The second-order valence-electron chi connectivity index (χ2n) is 10.1. The molecule has 5 rings (SSSR count). The molecule has 1 aliphatic carbocycles. The van der Waals surface area contributed by atoms with E-state index in [0.29, 0.717) is 26.4 Å². The van der Waals surface area contributed by atoms with Gasteiger partial charge in [-0.15, -0.1) is 0 Å². The van der Waals surface area contributed by atoms with Gasteiger partial charge in [0, 0.05) is 0 Å². The van der Waals surface area contributed by atoms with Crippen molar-refractivity contribution < 1.29 is 24.1 Å². The molecule has 5 nitrogen and oxygen atoms in total. The van der Waals surface area contributed by atoms with Gasteiger partial charge in [0.05, 0.1) is 33.0 Å². The number of hydrogen-bond donors (Lipinski definition) is 1. The van der Waals surface area contributed by atoms with E-state index >= 15 is 0 Å². The molecular formula is C35H36O5. The first-order valence-corrected chi connectivity index (χ1v) is 13.7. The van der Waals surface area contributed by atoms with Gasteiger partial charge in [-0.2, -0.15) is 0 Å². The fourth-order valence-electron chi connectivity index (χ4n) is 4.82. The molecule has 0 amide bonds. The van der Waals surface area contributed by atoms with Crippen LogP contribution in [0.2, 0.25) is 0 Å². The first-order chi connectivity index (χ1) is 19.7. The average molecular weight is 537 g/mol. The molecule has 0 bridgehead atoms. The quantitative estimate of drug-likeness (QED) is 0.204. The molecule has 0 aliphatic heterocycles. The van der Waals surface area contributed by atoms with Crippen LogP contribution in [0.3, 0.4) is 0 Å². The molecule has 206 valence electrons. The molecule has 4 aromatic rings. The maximum atomic E-state index is 12.0. The highest BCUT2D eigenvalue weighted by molar-refractivity contribution is 5.21. The van der Waals surface area contributed by atoms with E-state index in [9.17, 15) is 5.11 Å². The Balaban J connectivity index is 1.38. The molecule has 0 aromatic heterocycles. The zero-order valence-corrected chi connectivity index (χ0v) is 22.5. The molecule has 0 radical (unpaired) electrons. The molecular weight excluding hydrogens is 500 g/mol. The summed E-state index contributed by atoms with van der Waals surface area (Å²) in [7, 11) is 0. The van der Waals surface area contributed by atoms with Crippen LogP contribution >= 0.6 is 0 Å². The van der Waals surface area contributed by atoms with Crippen LogP contribution in [0.5, 0.6) is 0 Å². The Hall–Kier alpha value is -3.58. The minimum Gasteiger partial charge on any atom is -0.381 e. The van der Waals surface area contributed by atoms with Crippen LogP contribution in [0.25, 0.3) is 0 Å². The van der Waals surface area contributed by atoms with Gasteiger partial charge in [-0.3, -0.25) is 0 Å². The highest BCUT2D eigenvalue weighted by Gasteiger charge is 2.48. The minimum atomic E-state index is -1.42. The van der Waals surface area contributed by atoms with E-state index in [1.165, 1.54) is 0 Å². The average Bonchev–Trinajstić information content (AvgIpc) is 3.01. The van der Waals surface area contributed by atoms with Crippen LogP contribution in [0.1, 0.15) is 22.3 Å². The molecule has 0 heterocycles. The Labute approximate surface area is 236 Å². The van der Waals surface area contributed by atoms with E-state index in [1.54, 1.807) is 6.08 Å². The lowest BCUT2D eigenvalue weighted by Gasteiger charge is -2.43. The topological polar surface area (TPSA) is 57.2 Å². The summed E-state index contributed by atoms with van der Waals surface area (Å²) < 4.78 is 25.4. The van der Waals surface area contributed by atoms with Crippen LogP contribution < -0.4 is 0 Å². The highest BCUT2D eigenvalue weighted by Crippen LogP contribution is 2.32. The lowest BCUT2D eigenvalue weighted by molar-refractivity contribution is -0.209. The Morgan fingerprint density at radius 1 is 0.525 bits per heavy atom. The van der Waals surface area contributed by atoms with E-state index in [1.807, 2.05) is 127 Å². The summed E-state index contributed by atoms with van der Waals surface area (Å²) in [4.78, 5) is 0. The van der Waals surface area contributed by atoms with Gasteiger partial charge in [-0.05, 0) is 28.3 Å². The maximum absolute atomic E-state index is 12.0. The number of ether oxygens (including phenoxy) is 4. The number of hydrogen-bond acceptors (Lipinski definition) is 5. The Morgan fingerprint density at radius 3 is 1.45 bits per heavy atom. The monoisotopic (exact) mass is 536 g/mol. The number of aliphatic hydroxyl groups is 1. The lowest BCUT2D eigenvalue weighted by atomic mass is 9.84. The summed E-state index contributed by atoms with van der Waals surface area (Å²) in [6.45, 7) is 1.52. The number of rotatable bonds is 13. The van der Waals surface area contributed by atoms with Gasteiger partial charge in [0.15, 0.2) is 0 Å². The van der Waals surface area contributed by atoms with Crippen molar-refractivity contribution in [3.63, 3.8) is 0 Å². The maximum Gasteiger partial charge on any atom is 0.135 e. The van der Waals surface area contributed by atoms with Crippen LogP contribution in [0.4, 0.5) is 0 Å². The van der Waals surface area contributed by atoms with Crippen LogP contribution in [-0.2, 0) is 45.4 Å². The largest absolute Gasteiger partial charge is 0.381 e. The fourth-order valence-corrected chi connectivity index (χ4v) is 4.82. The number of benzene rings is 4. The molecule has 0 unspecified atom stereocenters. The van der Waals surface area contributed by atoms with Gasteiger partial charge in [0.25, 0.3) is 0 Å². The third-order valence-corrected chi connectivity index (χ3v) is 6.98. The van der Waals surface area contributed by atoms with Crippen molar-refractivity contribution in [2.45, 2.75) is 50.3 Å². The van der Waals surface area contributed by atoms with Gasteiger partial charge in [-0.25, -0.2) is 0 Å². The summed E-state index contributed by atoms with van der Waals surface area (Å²) in [5.41, 5.74) is 2.72. The SMILES string of the molecule is O[C@@]1(COCc2ccccc2)C=C[C@@H](OCc2ccccc2)[C@H](OCc2ccccc2)[C@@H]1OCc1ccccc1. The molecule has 4 aromatic carbocycles. The Kier molecular flexibility index (Phi) is 9.91. The van der Waals surface area contributed by atoms with Crippen LogP contribution in [0.15, 0.2) is 133 Å². The normalized spacial score (nSPS) is 22.3. The first kappa shape index (κ1) is 28.0. The van der Waals surface area contributed by atoms with E-state index in [0.717, 1.165) is 22.3 Å². The third-order valence-electron chi connectivity index (χ3n) is 6.98. The highest BCUT2D eigenvalue weighted by atomic mass is 16.6.